The van der Waals surface area contributed by atoms with Crippen LogP contribution in [0.2, 0.25) is 0 Å². The van der Waals surface area contributed by atoms with Gasteiger partial charge in [-0.25, -0.2) is 0 Å². The predicted octanol–water partition coefficient (Wildman–Crippen LogP) is 3.19. The molecule has 142 valence electrons. The molecule has 0 bridgehead atoms. The Labute approximate surface area is 161 Å². The van der Waals surface area contributed by atoms with Gasteiger partial charge in [-0.1, -0.05) is 30.3 Å². The average Bonchev–Trinajstić information content (AvgIpc) is 2.68. The summed E-state index contributed by atoms with van der Waals surface area (Å²) in [7, 11) is 0. The second-order valence-electron chi connectivity index (χ2n) is 8.20. The molecule has 4 rings (SSSR count). The number of nitrogens with zero attached hydrogens (tertiary/aromatic N) is 4. The molecular formula is C22H28N4O. The highest BCUT2D eigenvalue weighted by Crippen LogP contribution is 2.39. The van der Waals surface area contributed by atoms with E-state index in [-0.39, 0.29) is 11.3 Å². The van der Waals surface area contributed by atoms with E-state index in [9.17, 15) is 4.79 Å². The summed E-state index contributed by atoms with van der Waals surface area (Å²) in [6.07, 6.45) is 7.65. The molecule has 1 unspecified atom stereocenters. The van der Waals surface area contributed by atoms with Crippen LogP contribution in [0.25, 0.3) is 0 Å². The number of aromatic nitrogens is 2. The lowest BCUT2D eigenvalue weighted by atomic mass is 9.73. The number of benzene rings is 1. The molecule has 1 aromatic heterocycles. The summed E-state index contributed by atoms with van der Waals surface area (Å²) in [5, 5.41) is 0. The van der Waals surface area contributed by atoms with Crippen LogP contribution in [-0.4, -0.2) is 45.3 Å². The molecule has 0 saturated carbocycles. The maximum absolute atomic E-state index is 12.5. The lowest BCUT2D eigenvalue weighted by Gasteiger charge is -2.48. The fourth-order valence-electron chi connectivity index (χ4n) is 4.56. The van der Waals surface area contributed by atoms with Gasteiger partial charge in [0, 0.05) is 37.7 Å². The first kappa shape index (κ1) is 18.1. The molecule has 2 saturated heterocycles. The Morgan fingerprint density at radius 1 is 1.04 bits per heavy atom. The highest BCUT2D eigenvalue weighted by atomic mass is 16.2. The van der Waals surface area contributed by atoms with Crippen LogP contribution < -0.4 is 0 Å². The molecule has 2 fully saturated rings. The summed E-state index contributed by atoms with van der Waals surface area (Å²) in [6, 6.07) is 10.7. The standard InChI is InChI=1S/C22H28N4O/c1-18-12-24-20(13-23-18)15-26-17-22(10-8-21(26)27)9-5-11-25(16-22)14-19-6-3-2-4-7-19/h2-4,6-7,12-13H,5,8-11,14-17H2,1H3. The van der Waals surface area contributed by atoms with Gasteiger partial charge < -0.3 is 4.90 Å². The van der Waals surface area contributed by atoms with Crippen molar-refractivity contribution in [2.24, 2.45) is 5.41 Å². The highest BCUT2D eigenvalue weighted by Gasteiger charge is 2.41. The maximum atomic E-state index is 12.5. The van der Waals surface area contributed by atoms with Crippen LogP contribution in [-0.2, 0) is 17.9 Å². The van der Waals surface area contributed by atoms with Gasteiger partial charge in [0.1, 0.15) is 0 Å². The van der Waals surface area contributed by atoms with E-state index in [1.54, 1.807) is 12.4 Å². The minimum Gasteiger partial charge on any atom is -0.336 e. The van der Waals surface area contributed by atoms with Crippen LogP contribution in [0.15, 0.2) is 42.7 Å². The molecular weight excluding hydrogens is 336 g/mol. The van der Waals surface area contributed by atoms with Gasteiger partial charge >= 0.3 is 0 Å². The zero-order valence-electron chi connectivity index (χ0n) is 16.1. The van der Waals surface area contributed by atoms with Crippen LogP contribution in [0.5, 0.6) is 0 Å². The third-order valence-corrected chi connectivity index (χ3v) is 5.92. The summed E-state index contributed by atoms with van der Waals surface area (Å²) >= 11 is 0. The van der Waals surface area contributed by atoms with Crippen molar-refractivity contribution in [3.63, 3.8) is 0 Å². The Hall–Kier alpha value is -2.27. The molecule has 3 heterocycles. The molecule has 1 spiro atoms. The molecule has 2 aromatic rings. The zero-order valence-corrected chi connectivity index (χ0v) is 16.1. The van der Waals surface area contributed by atoms with Gasteiger partial charge in [0.15, 0.2) is 0 Å². The van der Waals surface area contributed by atoms with Gasteiger partial charge in [0.05, 0.1) is 24.1 Å². The van der Waals surface area contributed by atoms with Crippen LogP contribution in [0.1, 0.15) is 42.6 Å². The number of rotatable bonds is 4. The normalized spacial score (nSPS) is 23.7. The van der Waals surface area contributed by atoms with Gasteiger partial charge in [-0.3, -0.25) is 19.7 Å². The average molecular weight is 364 g/mol. The first-order valence-corrected chi connectivity index (χ1v) is 9.94. The van der Waals surface area contributed by atoms with Gasteiger partial charge in [-0.05, 0) is 38.3 Å². The van der Waals surface area contributed by atoms with Crippen LogP contribution in [0, 0.1) is 12.3 Å². The van der Waals surface area contributed by atoms with Crippen LogP contribution in [0.3, 0.4) is 0 Å². The van der Waals surface area contributed by atoms with E-state index < -0.39 is 0 Å². The number of carbonyl (C=O) groups excluding carboxylic acids is 1. The number of amides is 1. The van der Waals surface area contributed by atoms with Crippen LogP contribution in [0.4, 0.5) is 0 Å². The van der Waals surface area contributed by atoms with E-state index in [4.69, 9.17) is 0 Å². The molecule has 1 amide bonds. The molecule has 1 atom stereocenters. The minimum absolute atomic E-state index is 0.221. The monoisotopic (exact) mass is 364 g/mol. The van der Waals surface area contributed by atoms with Crippen molar-refractivity contribution in [3.05, 3.63) is 59.7 Å². The lowest BCUT2D eigenvalue weighted by Crippen LogP contribution is -2.53. The number of piperidine rings is 2. The van der Waals surface area contributed by atoms with Gasteiger partial charge in [0.2, 0.25) is 5.91 Å². The fraction of sp³-hybridized carbons (Fsp3) is 0.500. The quantitative estimate of drug-likeness (QED) is 0.836. The van der Waals surface area contributed by atoms with Crippen molar-refractivity contribution in [1.29, 1.82) is 0 Å². The predicted molar refractivity (Wildman–Crippen MR) is 105 cm³/mol. The SMILES string of the molecule is Cc1cnc(CN2CC3(CCCN(Cc4ccccc4)C3)CCC2=O)cn1. The second kappa shape index (κ2) is 7.77. The highest BCUT2D eigenvalue weighted by molar-refractivity contribution is 5.77. The van der Waals surface area contributed by atoms with Crippen molar-refractivity contribution in [1.82, 2.24) is 19.8 Å². The van der Waals surface area contributed by atoms with E-state index in [0.717, 1.165) is 44.0 Å². The Kier molecular flexibility index (Phi) is 5.21. The number of hydrogen-bond donors (Lipinski definition) is 0. The van der Waals surface area contributed by atoms with Gasteiger partial charge in [-0.15, -0.1) is 0 Å². The van der Waals surface area contributed by atoms with E-state index in [2.05, 4.69) is 45.2 Å². The Balaban J connectivity index is 1.43. The van der Waals surface area contributed by atoms with E-state index in [1.807, 2.05) is 11.8 Å². The zero-order chi connectivity index (χ0) is 18.7. The number of carbonyl (C=O) groups is 1. The van der Waals surface area contributed by atoms with Crippen molar-refractivity contribution < 1.29 is 4.79 Å². The van der Waals surface area contributed by atoms with Gasteiger partial charge in [-0.2, -0.15) is 0 Å². The third kappa shape index (κ3) is 4.35. The summed E-state index contributed by atoms with van der Waals surface area (Å²) in [6.45, 7) is 6.57. The smallest absolute Gasteiger partial charge is 0.222 e. The third-order valence-electron chi connectivity index (χ3n) is 5.92. The molecule has 0 aliphatic carbocycles. The summed E-state index contributed by atoms with van der Waals surface area (Å²) in [5.74, 6) is 0.253. The van der Waals surface area contributed by atoms with Crippen molar-refractivity contribution in [2.75, 3.05) is 19.6 Å². The lowest BCUT2D eigenvalue weighted by molar-refractivity contribution is -0.140. The largest absolute Gasteiger partial charge is 0.336 e. The Morgan fingerprint density at radius 3 is 2.67 bits per heavy atom. The minimum atomic E-state index is 0.221. The summed E-state index contributed by atoms with van der Waals surface area (Å²) < 4.78 is 0. The number of hydrogen-bond acceptors (Lipinski definition) is 4. The first-order chi connectivity index (χ1) is 13.1. The number of likely N-dealkylation sites (tertiary alicyclic amines) is 2. The second-order valence-corrected chi connectivity index (χ2v) is 8.20. The molecule has 5 nitrogen and oxygen atoms in total. The molecule has 2 aliphatic heterocycles. The van der Waals surface area contributed by atoms with Crippen molar-refractivity contribution in [2.45, 2.75) is 45.7 Å². The molecule has 1 aromatic carbocycles. The van der Waals surface area contributed by atoms with Crippen LogP contribution >= 0.6 is 0 Å². The topological polar surface area (TPSA) is 49.3 Å². The first-order valence-electron chi connectivity index (χ1n) is 9.94. The Bertz CT molecular complexity index is 777. The molecule has 5 heteroatoms. The summed E-state index contributed by atoms with van der Waals surface area (Å²) in [5.41, 5.74) is 3.37. The molecule has 27 heavy (non-hydrogen) atoms. The number of aryl methyl sites for hydroxylation is 1. The Morgan fingerprint density at radius 2 is 1.89 bits per heavy atom. The molecule has 2 aliphatic rings. The van der Waals surface area contributed by atoms with E-state index in [1.165, 1.54) is 18.4 Å². The molecule has 0 radical (unpaired) electrons. The van der Waals surface area contributed by atoms with E-state index >= 15 is 0 Å². The summed E-state index contributed by atoms with van der Waals surface area (Å²) in [4.78, 5) is 25.9. The van der Waals surface area contributed by atoms with Crippen molar-refractivity contribution >= 4 is 5.91 Å². The molecule has 0 N–H and O–H groups in total. The van der Waals surface area contributed by atoms with E-state index in [0.29, 0.717) is 13.0 Å². The van der Waals surface area contributed by atoms with Gasteiger partial charge in [0.25, 0.3) is 0 Å². The van der Waals surface area contributed by atoms with Crippen molar-refractivity contribution in [3.8, 4) is 0 Å². The maximum Gasteiger partial charge on any atom is 0.222 e. The fourth-order valence-corrected chi connectivity index (χ4v) is 4.56.